The maximum absolute atomic E-state index is 11.3. The Morgan fingerprint density at radius 3 is 2.44 bits per heavy atom. The second-order valence-corrected chi connectivity index (χ2v) is 2.89. The van der Waals surface area contributed by atoms with Gasteiger partial charge in [0, 0.05) is 6.08 Å². The molecule has 1 rings (SSSR count). The van der Waals surface area contributed by atoms with Gasteiger partial charge in [-0.2, -0.15) is 0 Å². The highest BCUT2D eigenvalue weighted by molar-refractivity contribution is 6.22. The summed E-state index contributed by atoms with van der Waals surface area (Å²) in [5, 5.41) is 8.56. The van der Waals surface area contributed by atoms with E-state index in [9.17, 15) is 9.59 Å². The first-order valence-corrected chi connectivity index (χ1v) is 4.48. The summed E-state index contributed by atoms with van der Waals surface area (Å²) in [6.07, 6.45) is 1.01. The molecular weight excluding hydrogens is 210 g/mol. The minimum atomic E-state index is -0.767. The van der Waals surface area contributed by atoms with E-state index in [0.29, 0.717) is 5.56 Å². The van der Waals surface area contributed by atoms with Crippen molar-refractivity contribution in [2.45, 2.75) is 0 Å². The summed E-state index contributed by atoms with van der Waals surface area (Å²) in [5.41, 5.74) is 2.03. The molecule has 1 aromatic rings. The van der Waals surface area contributed by atoms with Gasteiger partial charge < -0.3 is 4.74 Å². The van der Waals surface area contributed by atoms with Crippen LogP contribution in [0.3, 0.4) is 0 Å². The zero-order valence-corrected chi connectivity index (χ0v) is 8.64. The molecule has 0 heterocycles. The molecule has 0 aliphatic rings. The standard InChI is InChI=1S/C11H11NO4/c1-16-10(13)7-9(11(14)12-15)8-5-3-2-4-6-8/h2-7,15H,1H3,(H,12,14)/b9-7-. The third kappa shape index (κ3) is 2.93. The number of esters is 1. The van der Waals surface area contributed by atoms with Crippen LogP contribution in [0.2, 0.25) is 0 Å². The summed E-state index contributed by atoms with van der Waals surface area (Å²) in [7, 11) is 1.21. The number of hydrogen-bond donors (Lipinski definition) is 2. The number of amides is 1. The van der Waals surface area contributed by atoms with Crippen LogP contribution in [-0.2, 0) is 14.3 Å². The van der Waals surface area contributed by atoms with Gasteiger partial charge in [-0.05, 0) is 5.56 Å². The lowest BCUT2D eigenvalue weighted by atomic mass is 10.1. The van der Waals surface area contributed by atoms with E-state index in [1.807, 2.05) is 0 Å². The maximum Gasteiger partial charge on any atom is 0.331 e. The second kappa shape index (κ2) is 5.67. The Labute approximate surface area is 92.3 Å². The zero-order valence-electron chi connectivity index (χ0n) is 8.64. The van der Waals surface area contributed by atoms with E-state index < -0.39 is 11.9 Å². The molecule has 16 heavy (non-hydrogen) atoms. The van der Waals surface area contributed by atoms with Crippen molar-refractivity contribution < 1.29 is 19.5 Å². The number of methoxy groups -OCH3 is 1. The largest absolute Gasteiger partial charge is 0.466 e. The third-order valence-corrected chi connectivity index (χ3v) is 1.89. The van der Waals surface area contributed by atoms with Gasteiger partial charge in [0.05, 0.1) is 12.7 Å². The number of hydroxylamine groups is 1. The topological polar surface area (TPSA) is 75.6 Å². The van der Waals surface area contributed by atoms with Crippen LogP contribution < -0.4 is 5.48 Å². The number of hydrogen-bond acceptors (Lipinski definition) is 4. The number of carbonyl (C=O) groups excluding carboxylic acids is 2. The van der Waals surface area contributed by atoms with E-state index in [2.05, 4.69) is 4.74 Å². The first-order valence-electron chi connectivity index (χ1n) is 4.48. The van der Waals surface area contributed by atoms with E-state index in [-0.39, 0.29) is 5.57 Å². The van der Waals surface area contributed by atoms with Crippen molar-refractivity contribution in [2.24, 2.45) is 0 Å². The Hall–Kier alpha value is -2.14. The third-order valence-electron chi connectivity index (χ3n) is 1.89. The molecular formula is C11H11NO4. The van der Waals surface area contributed by atoms with E-state index in [1.165, 1.54) is 12.6 Å². The molecule has 0 aliphatic heterocycles. The molecule has 5 nitrogen and oxygen atoms in total. The van der Waals surface area contributed by atoms with Crippen molar-refractivity contribution in [3.05, 3.63) is 42.0 Å². The van der Waals surface area contributed by atoms with Gasteiger partial charge in [-0.1, -0.05) is 30.3 Å². The van der Waals surface area contributed by atoms with E-state index in [0.717, 1.165) is 6.08 Å². The smallest absolute Gasteiger partial charge is 0.331 e. The molecule has 0 atom stereocenters. The molecule has 0 saturated heterocycles. The summed E-state index contributed by atoms with van der Waals surface area (Å²) >= 11 is 0. The van der Waals surface area contributed by atoms with Gasteiger partial charge in [0.25, 0.3) is 5.91 Å². The van der Waals surface area contributed by atoms with Crippen molar-refractivity contribution >= 4 is 17.4 Å². The fraction of sp³-hybridized carbons (Fsp3) is 0.0909. The van der Waals surface area contributed by atoms with Gasteiger partial charge in [-0.15, -0.1) is 0 Å². The fourth-order valence-electron chi connectivity index (χ4n) is 1.13. The van der Waals surface area contributed by atoms with Crippen LogP contribution in [0.25, 0.3) is 5.57 Å². The van der Waals surface area contributed by atoms with Crippen molar-refractivity contribution in [1.82, 2.24) is 5.48 Å². The van der Waals surface area contributed by atoms with Crippen LogP contribution in [0.15, 0.2) is 36.4 Å². The highest BCUT2D eigenvalue weighted by atomic mass is 16.5. The van der Waals surface area contributed by atoms with Gasteiger partial charge in [0.15, 0.2) is 0 Å². The summed E-state index contributed by atoms with van der Waals surface area (Å²) in [4.78, 5) is 22.4. The van der Waals surface area contributed by atoms with Gasteiger partial charge in [0.2, 0.25) is 0 Å². The lowest BCUT2D eigenvalue weighted by Crippen LogP contribution is -2.20. The molecule has 1 amide bonds. The molecule has 0 fully saturated rings. The van der Waals surface area contributed by atoms with Gasteiger partial charge in [-0.3, -0.25) is 10.0 Å². The predicted molar refractivity (Wildman–Crippen MR) is 56.4 cm³/mol. The lowest BCUT2D eigenvalue weighted by Gasteiger charge is -2.04. The van der Waals surface area contributed by atoms with Crippen LogP contribution in [0.5, 0.6) is 0 Å². The molecule has 0 unspecified atom stereocenters. The second-order valence-electron chi connectivity index (χ2n) is 2.89. The highest BCUT2D eigenvalue weighted by Gasteiger charge is 2.12. The number of nitrogens with one attached hydrogen (secondary N) is 1. The minimum Gasteiger partial charge on any atom is -0.466 e. The van der Waals surface area contributed by atoms with E-state index >= 15 is 0 Å². The summed E-state index contributed by atoms with van der Waals surface area (Å²) in [6, 6.07) is 8.49. The van der Waals surface area contributed by atoms with Crippen molar-refractivity contribution in [3.63, 3.8) is 0 Å². The Bertz CT molecular complexity index is 411. The monoisotopic (exact) mass is 221 g/mol. The highest BCUT2D eigenvalue weighted by Crippen LogP contribution is 2.14. The van der Waals surface area contributed by atoms with E-state index in [4.69, 9.17) is 5.21 Å². The number of carbonyl (C=O) groups is 2. The molecule has 5 heteroatoms. The first kappa shape index (κ1) is 11.9. The van der Waals surface area contributed by atoms with E-state index in [1.54, 1.807) is 30.3 Å². The summed E-state index contributed by atoms with van der Waals surface area (Å²) in [6.45, 7) is 0. The van der Waals surface area contributed by atoms with Crippen LogP contribution in [0.1, 0.15) is 5.56 Å². The van der Waals surface area contributed by atoms with Gasteiger partial charge in [0.1, 0.15) is 0 Å². The molecule has 1 aromatic carbocycles. The SMILES string of the molecule is COC(=O)/C=C(\C(=O)NO)c1ccccc1. The number of rotatable bonds is 3. The first-order chi connectivity index (χ1) is 7.69. The molecule has 0 saturated carbocycles. The fourth-order valence-corrected chi connectivity index (χ4v) is 1.13. The number of ether oxygens (including phenoxy) is 1. The Morgan fingerprint density at radius 2 is 1.94 bits per heavy atom. The van der Waals surface area contributed by atoms with Crippen molar-refractivity contribution in [1.29, 1.82) is 0 Å². The molecule has 0 radical (unpaired) electrons. The quantitative estimate of drug-likeness (QED) is 0.342. The molecule has 2 N–H and O–H groups in total. The molecule has 0 spiro atoms. The minimum absolute atomic E-state index is 0.0370. The van der Waals surface area contributed by atoms with Crippen LogP contribution in [-0.4, -0.2) is 24.2 Å². The van der Waals surface area contributed by atoms with Crippen molar-refractivity contribution in [3.8, 4) is 0 Å². The predicted octanol–water partition coefficient (Wildman–Crippen LogP) is 0.748. The Kier molecular flexibility index (Phi) is 4.23. The van der Waals surface area contributed by atoms with Crippen LogP contribution in [0, 0.1) is 0 Å². The normalized spacial score (nSPS) is 10.8. The van der Waals surface area contributed by atoms with Crippen LogP contribution in [0.4, 0.5) is 0 Å². The summed E-state index contributed by atoms with van der Waals surface area (Å²) < 4.78 is 4.42. The Morgan fingerprint density at radius 1 is 1.31 bits per heavy atom. The molecule has 0 aliphatic carbocycles. The molecule has 0 aromatic heterocycles. The molecule has 84 valence electrons. The molecule has 0 bridgehead atoms. The lowest BCUT2D eigenvalue weighted by molar-refractivity contribution is -0.135. The van der Waals surface area contributed by atoms with Crippen molar-refractivity contribution in [2.75, 3.05) is 7.11 Å². The maximum atomic E-state index is 11.3. The number of benzene rings is 1. The van der Waals surface area contributed by atoms with Gasteiger partial charge >= 0.3 is 5.97 Å². The average molecular weight is 221 g/mol. The van der Waals surface area contributed by atoms with Gasteiger partial charge in [-0.25, -0.2) is 10.3 Å². The zero-order chi connectivity index (χ0) is 12.0. The average Bonchev–Trinajstić information content (AvgIpc) is 2.35. The summed E-state index contributed by atoms with van der Waals surface area (Å²) in [5.74, 6) is -1.43. The van der Waals surface area contributed by atoms with Crippen LogP contribution >= 0.6 is 0 Å². The Balaban J connectivity index is 3.11.